The number of aromatic carboxylic acids is 1. The van der Waals surface area contributed by atoms with E-state index >= 15 is 0 Å². The first kappa shape index (κ1) is 13.9. The summed E-state index contributed by atoms with van der Waals surface area (Å²) in [7, 11) is 0. The number of H-pyrrole nitrogens is 1. The van der Waals surface area contributed by atoms with Crippen molar-refractivity contribution in [1.82, 2.24) is 4.98 Å². The summed E-state index contributed by atoms with van der Waals surface area (Å²) in [6.07, 6.45) is -8.59. The molecule has 0 saturated heterocycles. The normalized spacial score (nSPS) is 11.7. The van der Waals surface area contributed by atoms with Crippen molar-refractivity contribution in [1.29, 1.82) is 0 Å². The summed E-state index contributed by atoms with van der Waals surface area (Å²) in [6, 6.07) is 0.132. The molecule has 0 amide bonds. The van der Waals surface area contributed by atoms with Gasteiger partial charge in [0.05, 0.1) is 5.56 Å². The number of carboxylic acids is 1. The molecule has 5 nitrogen and oxygen atoms in total. The number of halogens is 5. The largest absolute Gasteiger partial charge is 0.574 e. The molecular formula is C8H4F5NO4. The van der Waals surface area contributed by atoms with Crippen LogP contribution in [0.4, 0.5) is 22.0 Å². The molecule has 0 radical (unpaired) electrons. The summed E-state index contributed by atoms with van der Waals surface area (Å²) in [4.78, 5) is 22.9. The fraction of sp³-hybridized carbons (Fsp3) is 0.250. The molecule has 0 atom stereocenters. The number of aromatic nitrogens is 1. The van der Waals surface area contributed by atoms with Crippen molar-refractivity contribution < 1.29 is 36.6 Å². The number of carbonyl (C=O) groups is 1. The van der Waals surface area contributed by atoms with Gasteiger partial charge in [0.1, 0.15) is 5.56 Å². The van der Waals surface area contributed by atoms with E-state index in [4.69, 9.17) is 5.11 Å². The smallest absolute Gasteiger partial charge is 0.477 e. The molecule has 0 aliphatic heterocycles. The Morgan fingerprint density at radius 1 is 1.39 bits per heavy atom. The molecule has 0 aromatic carbocycles. The van der Waals surface area contributed by atoms with Gasteiger partial charge in [0.2, 0.25) is 5.88 Å². The topological polar surface area (TPSA) is 79.4 Å². The van der Waals surface area contributed by atoms with Gasteiger partial charge in [0.25, 0.3) is 12.0 Å². The van der Waals surface area contributed by atoms with E-state index in [2.05, 4.69) is 4.74 Å². The minimum absolute atomic E-state index is 0.132. The Bertz CT molecular complexity index is 521. The first-order valence-corrected chi connectivity index (χ1v) is 4.16. The number of hydrogen-bond donors (Lipinski definition) is 2. The van der Waals surface area contributed by atoms with Crippen molar-refractivity contribution in [3.05, 3.63) is 27.5 Å². The number of alkyl halides is 5. The van der Waals surface area contributed by atoms with Crippen LogP contribution in [0.15, 0.2) is 10.9 Å². The predicted octanol–water partition coefficient (Wildman–Crippen LogP) is 1.91. The molecule has 0 aliphatic carbocycles. The third-order valence-electron chi connectivity index (χ3n) is 1.72. The van der Waals surface area contributed by atoms with Crippen molar-refractivity contribution in [3.63, 3.8) is 0 Å². The second-order valence-corrected chi connectivity index (χ2v) is 2.95. The van der Waals surface area contributed by atoms with E-state index in [1.54, 1.807) is 0 Å². The Hall–Kier alpha value is -2.13. The van der Waals surface area contributed by atoms with E-state index in [0.717, 1.165) is 0 Å². The summed E-state index contributed by atoms with van der Waals surface area (Å²) in [5.74, 6) is -3.41. The first-order chi connectivity index (χ1) is 8.11. The van der Waals surface area contributed by atoms with E-state index in [-0.39, 0.29) is 6.07 Å². The van der Waals surface area contributed by atoms with Crippen LogP contribution in [0.1, 0.15) is 22.3 Å². The Balaban J connectivity index is 3.39. The van der Waals surface area contributed by atoms with E-state index in [9.17, 15) is 31.5 Å². The molecule has 10 heteroatoms. The van der Waals surface area contributed by atoms with Crippen LogP contribution in [0.5, 0.6) is 5.88 Å². The Morgan fingerprint density at radius 3 is 2.33 bits per heavy atom. The quantitative estimate of drug-likeness (QED) is 0.824. The average Bonchev–Trinajstić information content (AvgIpc) is 2.13. The van der Waals surface area contributed by atoms with Gasteiger partial charge in [-0.15, -0.1) is 13.2 Å². The molecular weight excluding hydrogens is 269 g/mol. The molecule has 100 valence electrons. The summed E-state index contributed by atoms with van der Waals surface area (Å²) in [5.41, 5.74) is -4.04. The maximum Gasteiger partial charge on any atom is 0.574 e. The molecule has 0 bridgehead atoms. The maximum atomic E-state index is 12.3. The number of hydrogen-bond acceptors (Lipinski definition) is 3. The molecule has 0 unspecified atom stereocenters. The van der Waals surface area contributed by atoms with Gasteiger partial charge >= 0.3 is 12.3 Å². The van der Waals surface area contributed by atoms with Crippen LogP contribution in [-0.2, 0) is 0 Å². The highest BCUT2D eigenvalue weighted by Crippen LogP contribution is 2.25. The number of carboxylic acid groups (broad SMARTS) is 1. The van der Waals surface area contributed by atoms with Crippen LogP contribution >= 0.6 is 0 Å². The molecule has 0 aliphatic rings. The van der Waals surface area contributed by atoms with Crippen LogP contribution in [0.25, 0.3) is 0 Å². The van der Waals surface area contributed by atoms with E-state index in [0.29, 0.717) is 0 Å². The van der Waals surface area contributed by atoms with Crippen molar-refractivity contribution in [2.45, 2.75) is 12.8 Å². The van der Waals surface area contributed by atoms with Gasteiger partial charge in [0, 0.05) is 0 Å². The van der Waals surface area contributed by atoms with Gasteiger partial charge in [0.15, 0.2) is 0 Å². The van der Waals surface area contributed by atoms with Gasteiger partial charge in [-0.25, -0.2) is 13.6 Å². The predicted molar refractivity (Wildman–Crippen MR) is 45.7 cm³/mol. The molecule has 0 spiro atoms. The SMILES string of the molecule is O=C(O)c1cc(C(F)F)c(=O)[nH]c1OC(F)(F)F. The molecule has 2 N–H and O–H groups in total. The van der Waals surface area contributed by atoms with Crippen LogP contribution in [0.2, 0.25) is 0 Å². The number of pyridine rings is 1. The number of aromatic amines is 1. The van der Waals surface area contributed by atoms with Crippen LogP contribution in [0.3, 0.4) is 0 Å². The zero-order chi connectivity index (χ0) is 14.1. The molecule has 0 fully saturated rings. The third kappa shape index (κ3) is 3.18. The molecule has 1 aromatic rings. The Kier molecular flexibility index (Phi) is 3.58. The minimum Gasteiger partial charge on any atom is -0.477 e. The molecule has 1 rings (SSSR count). The van der Waals surface area contributed by atoms with E-state index in [1.165, 1.54) is 4.98 Å². The number of nitrogens with one attached hydrogen (secondary N) is 1. The minimum atomic E-state index is -5.26. The van der Waals surface area contributed by atoms with Gasteiger partial charge in [-0.3, -0.25) is 9.78 Å². The second-order valence-electron chi connectivity index (χ2n) is 2.95. The lowest BCUT2D eigenvalue weighted by Gasteiger charge is -2.11. The van der Waals surface area contributed by atoms with Gasteiger partial charge < -0.3 is 9.84 Å². The number of ether oxygens (including phenoxy) is 1. The van der Waals surface area contributed by atoms with Crippen molar-refractivity contribution >= 4 is 5.97 Å². The molecule has 0 saturated carbocycles. The molecule has 18 heavy (non-hydrogen) atoms. The Labute approximate surface area is 94.8 Å². The summed E-state index contributed by atoms with van der Waals surface area (Å²) >= 11 is 0. The standard InChI is InChI=1S/C8H4F5NO4/c9-4(10)2-1-3(7(16)17)6(14-5(2)15)18-8(11,12)13/h1,4H,(H,14,15)(H,16,17). The van der Waals surface area contributed by atoms with Gasteiger partial charge in [-0.2, -0.15) is 0 Å². The fourth-order valence-corrected chi connectivity index (χ4v) is 1.05. The monoisotopic (exact) mass is 273 g/mol. The van der Waals surface area contributed by atoms with Crippen molar-refractivity contribution in [2.75, 3.05) is 0 Å². The zero-order valence-electron chi connectivity index (χ0n) is 8.22. The Morgan fingerprint density at radius 2 is 1.94 bits per heavy atom. The van der Waals surface area contributed by atoms with Crippen molar-refractivity contribution in [2.24, 2.45) is 0 Å². The first-order valence-electron chi connectivity index (χ1n) is 4.16. The summed E-state index contributed by atoms with van der Waals surface area (Å²) in [5, 5.41) is 8.55. The molecule has 1 aromatic heterocycles. The maximum absolute atomic E-state index is 12.3. The summed E-state index contributed by atoms with van der Waals surface area (Å²) in [6.45, 7) is 0. The van der Waals surface area contributed by atoms with Crippen LogP contribution in [-0.4, -0.2) is 22.4 Å². The van der Waals surface area contributed by atoms with Crippen LogP contribution < -0.4 is 10.3 Å². The highest BCUT2D eigenvalue weighted by molar-refractivity contribution is 5.90. The zero-order valence-corrected chi connectivity index (χ0v) is 8.22. The fourth-order valence-electron chi connectivity index (χ4n) is 1.05. The third-order valence-corrected chi connectivity index (χ3v) is 1.72. The number of rotatable bonds is 3. The van der Waals surface area contributed by atoms with Gasteiger partial charge in [-0.05, 0) is 6.07 Å². The molecule has 1 heterocycles. The van der Waals surface area contributed by atoms with E-state index in [1.807, 2.05) is 0 Å². The van der Waals surface area contributed by atoms with Crippen molar-refractivity contribution in [3.8, 4) is 5.88 Å². The average molecular weight is 273 g/mol. The highest BCUT2D eigenvalue weighted by atomic mass is 19.4. The lowest BCUT2D eigenvalue weighted by molar-refractivity contribution is -0.276. The lowest BCUT2D eigenvalue weighted by atomic mass is 10.2. The van der Waals surface area contributed by atoms with E-state index < -0.39 is 41.3 Å². The second kappa shape index (κ2) is 4.63. The van der Waals surface area contributed by atoms with Gasteiger partial charge in [-0.1, -0.05) is 0 Å². The van der Waals surface area contributed by atoms with Crippen LogP contribution in [0, 0.1) is 0 Å². The highest BCUT2D eigenvalue weighted by Gasteiger charge is 2.34. The summed E-state index contributed by atoms with van der Waals surface area (Å²) < 4.78 is 63.4. The lowest BCUT2D eigenvalue weighted by Crippen LogP contribution is -2.24.